The van der Waals surface area contributed by atoms with Crippen LogP contribution < -0.4 is 10.6 Å². The van der Waals surface area contributed by atoms with Crippen LogP contribution >= 0.6 is 0 Å². The van der Waals surface area contributed by atoms with Crippen molar-refractivity contribution in [1.82, 2.24) is 10.6 Å². The SMILES string of the molecule is C=C(NC(C=N)NC)c1ccccc1C(F)(F)F. The molecule has 1 rings (SSSR count). The molecule has 1 aromatic carbocycles. The summed E-state index contributed by atoms with van der Waals surface area (Å²) in [6.07, 6.45) is -3.94. The highest BCUT2D eigenvalue weighted by Gasteiger charge is 2.33. The Morgan fingerprint density at radius 1 is 1.39 bits per heavy atom. The highest BCUT2D eigenvalue weighted by molar-refractivity contribution is 5.70. The first-order valence-electron chi connectivity index (χ1n) is 5.20. The Hall–Kier alpha value is -1.82. The van der Waals surface area contributed by atoms with E-state index in [1.54, 1.807) is 7.05 Å². The van der Waals surface area contributed by atoms with Gasteiger partial charge in [-0.25, -0.2) is 0 Å². The second kappa shape index (κ2) is 5.68. The van der Waals surface area contributed by atoms with E-state index in [1.165, 1.54) is 18.2 Å². The zero-order valence-corrected chi connectivity index (χ0v) is 9.81. The zero-order valence-electron chi connectivity index (χ0n) is 9.81. The Labute approximate surface area is 103 Å². The third kappa shape index (κ3) is 3.33. The fraction of sp³-hybridized carbons (Fsp3) is 0.250. The maximum absolute atomic E-state index is 12.8. The van der Waals surface area contributed by atoms with E-state index >= 15 is 0 Å². The standard InChI is InChI=1S/C12H14F3N3/c1-8(18-11(7-16)17-2)9-5-3-4-6-10(9)12(13,14)15/h3-7,11,16-18H,1H2,2H3. The van der Waals surface area contributed by atoms with Crippen LogP contribution in [0.25, 0.3) is 5.70 Å². The van der Waals surface area contributed by atoms with Crippen molar-refractivity contribution < 1.29 is 13.2 Å². The molecule has 0 radical (unpaired) electrons. The van der Waals surface area contributed by atoms with Gasteiger partial charge in [-0.1, -0.05) is 24.8 Å². The molecule has 3 N–H and O–H groups in total. The van der Waals surface area contributed by atoms with Gasteiger partial charge in [-0.2, -0.15) is 13.2 Å². The minimum atomic E-state index is -4.43. The van der Waals surface area contributed by atoms with E-state index in [1.807, 2.05) is 0 Å². The fourth-order valence-corrected chi connectivity index (χ4v) is 1.46. The Bertz CT molecular complexity index is 440. The second-order valence-electron chi connectivity index (χ2n) is 3.60. The molecule has 1 unspecified atom stereocenters. The van der Waals surface area contributed by atoms with Gasteiger partial charge in [0.15, 0.2) is 0 Å². The molecule has 0 amide bonds. The van der Waals surface area contributed by atoms with Crippen molar-refractivity contribution in [2.45, 2.75) is 12.3 Å². The molecular weight excluding hydrogens is 243 g/mol. The van der Waals surface area contributed by atoms with Crippen molar-refractivity contribution in [3.63, 3.8) is 0 Å². The summed E-state index contributed by atoms with van der Waals surface area (Å²) < 4.78 is 38.3. The predicted octanol–water partition coefficient (Wildman–Crippen LogP) is 2.46. The topological polar surface area (TPSA) is 47.9 Å². The third-order valence-electron chi connectivity index (χ3n) is 2.36. The number of halogens is 3. The van der Waals surface area contributed by atoms with Gasteiger partial charge in [0.05, 0.1) is 5.56 Å². The maximum Gasteiger partial charge on any atom is 0.417 e. The first kappa shape index (κ1) is 14.2. The van der Waals surface area contributed by atoms with E-state index in [-0.39, 0.29) is 11.3 Å². The monoisotopic (exact) mass is 257 g/mol. The minimum absolute atomic E-state index is 0.0212. The van der Waals surface area contributed by atoms with Gasteiger partial charge in [0, 0.05) is 17.5 Å². The molecule has 6 heteroatoms. The van der Waals surface area contributed by atoms with Crippen molar-refractivity contribution in [3.8, 4) is 0 Å². The summed E-state index contributed by atoms with van der Waals surface area (Å²) in [4.78, 5) is 0. The summed E-state index contributed by atoms with van der Waals surface area (Å²) in [5.74, 6) is 0. The van der Waals surface area contributed by atoms with Gasteiger partial charge in [0.2, 0.25) is 0 Å². The summed E-state index contributed by atoms with van der Waals surface area (Å²) in [7, 11) is 1.59. The van der Waals surface area contributed by atoms with Gasteiger partial charge < -0.3 is 10.7 Å². The lowest BCUT2D eigenvalue weighted by Gasteiger charge is -2.19. The molecule has 0 fully saturated rings. The molecule has 0 aliphatic carbocycles. The molecule has 1 aromatic rings. The molecule has 1 atom stereocenters. The molecule has 0 heterocycles. The zero-order chi connectivity index (χ0) is 13.8. The average molecular weight is 257 g/mol. The molecule has 0 saturated heterocycles. The van der Waals surface area contributed by atoms with Gasteiger partial charge in [0.1, 0.15) is 6.17 Å². The van der Waals surface area contributed by atoms with Crippen LogP contribution in [0.2, 0.25) is 0 Å². The Balaban J connectivity index is 3.03. The van der Waals surface area contributed by atoms with Crippen LogP contribution in [0.15, 0.2) is 30.8 Å². The van der Waals surface area contributed by atoms with Crippen molar-refractivity contribution in [2.75, 3.05) is 7.05 Å². The van der Waals surface area contributed by atoms with Crippen LogP contribution in [0.5, 0.6) is 0 Å². The molecule has 0 spiro atoms. The van der Waals surface area contributed by atoms with Gasteiger partial charge in [-0.05, 0) is 13.1 Å². The second-order valence-corrected chi connectivity index (χ2v) is 3.60. The number of nitrogens with one attached hydrogen (secondary N) is 3. The summed E-state index contributed by atoms with van der Waals surface area (Å²) in [6, 6.07) is 5.18. The van der Waals surface area contributed by atoms with Crippen molar-refractivity contribution in [1.29, 1.82) is 5.41 Å². The number of alkyl halides is 3. The van der Waals surface area contributed by atoms with Crippen LogP contribution in [0, 0.1) is 5.41 Å². The minimum Gasteiger partial charge on any atom is -0.365 e. The van der Waals surface area contributed by atoms with Crippen LogP contribution in [-0.4, -0.2) is 19.4 Å². The Morgan fingerprint density at radius 2 is 2.00 bits per heavy atom. The molecule has 0 aromatic heterocycles. The Morgan fingerprint density at radius 3 is 2.50 bits per heavy atom. The Kier molecular flexibility index (Phi) is 4.49. The summed E-state index contributed by atoms with van der Waals surface area (Å²) >= 11 is 0. The predicted molar refractivity (Wildman–Crippen MR) is 65.2 cm³/mol. The first-order valence-corrected chi connectivity index (χ1v) is 5.20. The summed E-state index contributed by atoms with van der Waals surface area (Å²) in [5.41, 5.74) is -0.653. The molecule has 3 nitrogen and oxygen atoms in total. The van der Waals surface area contributed by atoms with Crippen LogP contribution in [-0.2, 0) is 6.18 Å². The van der Waals surface area contributed by atoms with Gasteiger partial charge in [0.25, 0.3) is 0 Å². The van der Waals surface area contributed by atoms with Crippen LogP contribution in [0.4, 0.5) is 13.2 Å². The third-order valence-corrected chi connectivity index (χ3v) is 2.36. The highest BCUT2D eigenvalue weighted by Crippen LogP contribution is 2.33. The lowest BCUT2D eigenvalue weighted by Crippen LogP contribution is -2.40. The van der Waals surface area contributed by atoms with Crippen molar-refractivity contribution in [2.24, 2.45) is 0 Å². The molecule has 0 bridgehead atoms. The normalized spacial score (nSPS) is 12.9. The average Bonchev–Trinajstić information content (AvgIpc) is 2.34. The van der Waals surface area contributed by atoms with E-state index < -0.39 is 17.9 Å². The van der Waals surface area contributed by atoms with E-state index in [0.29, 0.717) is 0 Å². The number of hydrogen-bond acceptors (Lipinski definition) is 3. The largest absolute Gasteiger partial charge is 0.417 e. The smallest absolute Gasteiger partial charge is 0.365 e. The van der Waals surface area contributed by atoms with Gasteiger partial charge >= 0.3 is 6.18 Å². The number of rotatable bonds is 5. The van der Waals surface area contributed by atoms with Gasteiger partial charge in [-0.15, -0.1) is 0 Å². The molecule has 0 saturated carbocycles. The first-order chi connectivity index (χ1) is 8.40. The molecule has 18 heavy (non-hydrogen) atoms. The molecule has 0 aliphatic heterocycles. The lowest BCUT2D eigenvalue weighted by atomic mass is 10.0. The van der Waals surface area contributed by atoms with E-state index in [2.05, 4.69) is 17.2 Å². The van der Waals surface area contributed by atoms with Crippen LogP contribution in [0.1, 0.15) is 11.1 Å². The van der Waals surface area contributed by atoms with E-state index in [0.717, 1.165) is 12.3 Å². The van der Waals surface area contributed by atoms with Crippen LogP contribution in [0.3, 0.4) is 0 Å². The molecule has 0 aliphatic rings. The lowest BCUT2D eigenvalue weighted by molar-refractivity contribution is -0.137. The molecular formula is C12H14F3N3. The number of benzene rings is 1. The summed E-state index contributed by atoms with van der Waals surface area (Å²) in [6.45, 7) is 3.58. The fourth-order valence-electron chi connectivity index (χ4n) is 1.46. The van der Waals surface area contributed by atoms with Crippen molar-refractivity contribution in [3.05, 3.63) is 42.0 Å². The maximum atomic E-state index is 12.8. The summed E-state index contributed by atoms with van der Waals surface area (Å²) in [5, 5.41) is 12.5. The highest BCUT2D eigenvalue weighted by atomic mass is 19.4. The van der Waals surface area contributed by atoms with E-state index in [9.17, 15) is 13.2 Å². The van der Waals surface area contributed by atoms with Gasteiger partial charge in [-0.3, -0.25) is 5.32 Å². The quantitative estimate of drug-likeness (QED) is 0.560. The van der Waals surface area contributed by atoms with E-state index in [4.69, 9.17) is 5.41 Å². The molecule has 98 valence electrons. The van der Waals surface area contributed by atoms with Crippen molar-refractivity contribution >= 4 is 11.9 Å². The number of hydrogen-bond donors (Lipinski definition) is 3.